The third-order valence-corrected chi connectivity index (χ3v) is 2.96. The second-order valence-electron chi connectivity index (χ2n) is 4.49. The monoisotopic (exact) mass is 255 g/mol. The Morgan fingerprint density at radius 3 is 2.37 bits per heavy atom. The summed E-state index contributed by atoms with van der Waals surface area (Å²) in [5, 5.41) is 2.91. The van der Waals surface area contributed by atoms with E-state index in [1.165, 1.54) is 0 Å². The topological polar surface area (TPSA) is 67.2 Å². The molecule has 0 spiro atoms. The maximum absolute atomic E-state index is 12.1. The first-order valence-corrected chi connectivity index (χ1v) is 6.05. The van der Waals surface area contributed by atoms with Crippen LogP contribution in [0, 0.1) is 13.8 Å². The molecule has 0 aliphatic heterocycles. The molecule has 0 fully saturated rings. The number of nitrogens with two attached hydrogens (primary N) is 1. The van der Waals surface area contributed by atoms with E-state index < -0.39 is 0 Å². The summed E-state index contributed by atoms with van der Waals surface area (Å²) in [4.78, 5) is 12.1. The summed E-state index contributed by atoms with van der Waals surface area (Å²) >= 11 is 0. The molecule has 2 aromatic carbocycles. The van der Waals surface area contributed by atoms with Crippen molar-refractivity contribution in [3.05, 3.63) is 59.2 Å². The molecule has 4 N–H and O–H groups in total. The van der Waals surface area contributed by atoms with E-state index in [1.54, 1.807) is 24.3 Å². The smallest absolute Gasteiger partial charge is 0.255 e. The van der Waals surface area contributed by atoms with Gasteiger partial charge in [0.2, 0.25) is 0 Å². The molecule has 0 saturated heterocycles. The van der Waals surface area contributed by atoms with Gasteiger partial charge in [-0.2, -0.15) is 0 Å². The molecule has 98 valence electrons. The summed E-state index contributed by atoms with van der Waals surface area (Å²) in [5.74, 6) is 5.16. The number of hydrogen-bond donors (Lipinski definition) is 3. The first kappa shape index (κ1) is 13.1. The van der Waals surface area contributed by atoms with Crippen molar-refractivity contribution in [2.45, 2.75) is 13.8 Å². The van der Waals surface area contributed by atoms with Gasteiger partial charge < -0.3 is 10.7 Å². The summed E-state index contributed by atoms with van der Waals surface area (Å²) in [7, 11) is 0. The highest BCUT2D eigenvalue weighted by atomic mass is 16.1. The van der Waals surface area contributed by atoms with E-state index in [2.05, 4.69) is 10.7 Å². The lowest BCUT2D eigenvalue weighted by Crippen LogP contribution is -2.13. The van der Waals surface area contributed by atoms with Gasteiger partial charge >= 0.3 is 0 Å². The normalized spacial score (nSPS) is 10.1. The number of aryl methyl sites for hydroxylation is 2. The molecule has 2 aromatic rings. The molecule has 0 heterocycles. The molecule has 4 nitrogen and oxygen atoms in total. The van der Waals surface area contributed by atoms with Crippen LogP contribution in [0.15, 0.2) is 42.5 Å². The fourth-order valence-electron chi connectivity index (χ4n) is 1.78. The number of amides is 1. The van der Waals surface area contributed by atoms with Crippen molar-refractivity contribution >= 4 is 17.3 Å². The quantitative estimate of drug-likeness (QED) is 0.583. The van der Waals surface area contributed by atoms with Crippen molar-refractivity contribution in [1.29, 1.82) is 0 Å². The summed E-state index contributed by atoms with van der Waals surface area (Å²) in [5.41, 5.74) is 6.89. The lowest BCUT2D eigenvalue weighted by molar-refractivity contribution is 0.102. The van der Waals surface area contributed by atoms with Crippen LogP contribution in [0.4, 0.5) is 11.4 Å². The fourth-order valence-corrected chi connectivity index (χ4v) is 1.78. The summed E-state index contributed by atoms with van der Waals surface area (Å²) in [6.07, 6.45) is 0. The number of hydrogen-bond acceptors (Lipinski definition) is 3. The SMILES string of the molecule is Cc1ccc(C)c(NC(=O)c2ccc(NN)cc2)c1. The molecule has 0 radical (unpaired) electrons. The third kappa shape index (κ3) is 3.11. The minimum absolute atomic E-state index is 0.128. The Morgan fingerprint density at radius 2 is 1.74 bits per heavy atom. The van der Waals surface area contributed by atoms with Crippen LogP contribution in [0.2, 0.25) is 0 Å². The molecule has 0 saturated carbocycles. The van der Waals surface area contributed by atoms with Gasteiger partial charge in [0, 0.05) is 16.9 Å². The molecule has 0 aromatic heterocycles. The Morgan fingerprint density at radius 1 is 1.05 bits per heavy atom. The summed E-state index contributed by atoms with van der Waals surface area (Å²) in [6.45, 7) is 3.97. The van der Waals surface area contributed by atoms with Crippen molar-refractivity contribution in [2.24, 2.45) is 5.84 Å². The molecule has 0 aliphatic rings. The maximum Gasteiger partial charge on any atom is 0.255 e. The molecule has 2 rings (SSSR count). The van der Waals surface area contributed by atoms with Crippen molar-refractivity contribution in [1.82, 2.24) is 0 Å². The molecule has 4 heteroatoms. The number of anilines is 2. The molecule has 0 unspecified atom stereocenters. The molecular weight excluding hydrogens is 238 g/mol. The Bertz CT molecular complexity index is 591. The van der Waals surface area contributed by atoms with Crippen molar-refractivity contribution in [3.63, 3.8) is 0 Å². The van der Waals surface area contributed by atoms with E-state index in [4.69, 9.17) is 5.84 Å². The second kappa shape index (κ2) is 5.54. The van der Waals surface area contributed by atoms with Crippen LogP contribution in [0.25, 0.3) is 0 Å². The maximum atomic E-state index is 12.1. The minimum atomic E-state index is -0.128. The van der Waals surface area contributed by atoms with Gasteiger partial charge in [-0.25, -0.2) is 0 Å². The van der Waals surface area contributed by atoms with E-state index in [0.717, 1.165) is 22.5 Å². The molecule has 0 aliphatic carbocycles. The second-order valence-corrected chi connectivity index (χ2v) is 4.49. The van der Waals surface area contributed by atoms with Crippen molar-refractivity contribution in [3.8, 4) is 0 Å². The molecule has 0 atom stereocenters. The average molecular weight is 255 g/mol. The van der Waals surface area contributed by atoms with Crippen LogP contribution < -0.4 is 16.6 Å². The van der Waals surface area contributed by atoms with E-state index in [-0.39, 0.29) is 5.91 Å². The number of carbonyl (C=O) groups is 1. The van der Waals surface area contributed by atoms with Gasteiger partial charge in [0.05, 0.1) is 0 Å². The standard InChI is InChI=1S/C15H17N3O/c1-10-3-4-11(2)14(9-10)17-15(19)12-5-7-13(18-16)8-6-12/h3-9,18H,16H2,1-2H3,(H,17,19). The molecule has 1 amide bonds. The Balaban J connectivity index is 2.18. The number of carbonyl (C=O) groups excluding carboxylic acids is 1. The largest absolute Gasteiger partial charge is 0.324 e. The van der Waals surface area contributed by atoms with Crippen LogP contribution in [0.5, 0.6) is 0 Å². The summed E-state index contributed by atoms with van der Waals surface area (Å²) < 4.78 is 0. The lowest BCUT2D eigenvalue weighted by Gasteiger charge is -2.09. The predicted octanol–water partition coefficient (Wildman–Crippen LogP) is 2.84. The van der Waals surface area contributed by atoms with Crippen molar-refractivity contribution in [2.75, 3.05) is 10.7 Å². The van der Waals surface area contributed by atoms with E-state index in [9.17, 15) is 4.79 Å². The zero-order valence-electron chi connectivity index (χ0n) is 11.0. The van der Waals surface area contributed by atoms with Crippen LogP contribution in [0.1, 0.15) is 21.5 Å². The Hall–Kier alpha value is -2.33. The van der Waals surface area contributed by atoms with Crippen LogP contribution >= 0.6 is 0 Å². The number of rotatable bonds is 3. The van der Waals surface area contributed by atoms with Crippen LogP contribution in [-0.4, -0.2) is 5.91 Å². The van der Waals surface area contributed by atoms with Gasteiger partial charge in [0.25, 0.3) is 5.91 Å². The number of nitrogen functional groups attached to an aromatic ring is 1. The molecular formula is C15H17N3O. The number of benzene rings is 2. The Labute approximate surface area is 112 Å². The zero-order chi connectivity index (χ0) is 13.8. The molecule has 0 bridgehead atoms. The van der Waals surface area contributed by atoms with Crippen LogP contribution in [0.3, 0.4) is 0 Å². The highest BCUT2D eigenvalue weighted by Crippen LogP contribution is 2.18. The van der Waals surface area contributed by atoms with Gasteiger partial charge in [0.1, 0.15) is 0 Å². The zero-order valence-corrected chi connectivity index (χ0v) is 11.0. The third-order valence-electron chi connectivity index (χ3n) is 2.96. The number of nitrogens with one attached hydrogen (secondary N) is 2. The van der Waals surface area contributed by atoms with Crippen molar-refractivity contribution < 1.29 is 4.79 Å². The van der Waals surface area contributed by atoms with Gasteiger partial charge in [-0.05, 0) is 55.3 Å². The van der Waals surface area contributed by atoms with Gasteiger partial charge in [0.15, 0.2) is 0 Å². The number of hydrazine groups is 1. The van der Waals surface area contributed by atoms with Crippen LogP contribution in [-0.2, 0) is 0 Å². The fraction of sp³-hybridized carbons (Fsp3) is 0.133. The summed E-state index contributed by atoms with van der Waals surface area (Å²) in [6, 6.07) is 13.0. The highest BCUT2D eigenvalue weighted by molar-refractivity contribution is 6.04. The predicted molar refractivity (Wildman–Crippen MR) is 78.1 cm³/mol. The lowest BCUT2D eigenvalue weighted by atomic mass is 10.1. The first-order chi connectivity index (χ1) is 9.10. The minimum Gasteiger partial charge on any atom is -0.324 e. The highest BCUT2D eigenvalue weighted by Gasteiger charge is 2.07. The van der Waals surface area contributed by atoms with Gasteiger partial charge in [-0.15, -0.1) is 0 Å². The molecule has 19 heavy (non-hydrogen) atoms. The Kier molecular flexibility index (Phi) is 3.82. The van der Waals surface area contributed by atoms with Gasteiger partial charge in [-0.1, -0.05) is 12.1 Å². The van der Waals surface area contributed by atoms with E-state index in [0.29, 0.717) is 5.56 Å². The first-order valence-electron chi connectivity index (χ1n) is 6.05. The van der Waals surface area contributed by atoms with E-state index in [1.807, 2.05) is 32.0 Å². The van der Waals surface area contributed by atoms with Gasteiger partial charge in [-0.3, -0.25) is 10.6 Å². The average Bonchev–Trinajstić information content (AvgIpc) is 2.43. The van der Waals surface area contributed by atoms with E-state index >= 15 is 0 Å².